The highest BCUT2D eigenvalue weighted by molar-refractivity contribution is 5.80. The lowest BCUT2D eigenvalue weighted by Crippen LogP contribution is -2.41. The van der Waals surface area contributed by atoms with E-state index < -0.39 is 6.04 Å². The summed E-state index contributed by atoms with van der Waals surface area (Å²) in [5, 5.41) is 2.85. The van der Waals surface area contributed by atoms with Gasteiger partial charge in [-0.25, -0.2) is 0 Å². The first-order valence-corrected chi connectivity index (χ1v) is 6.38. The normalized spacial score (nSPS) is 24.1. The predicted octanol–water partition coefficient (Wildman–Crippen LogP) is 0.714. The third-order valence-electron chi connectivity index (χ3n) is 3.28. The average molecular weight is 227 g/mol. The molecule has 1 unspecified atom stereocenters. The van der Waals surface area contributed by atoms with Gasteiger partial charge in [0.1, 0.15) is 0 Å². The smallest absolute Gasteiger partial charge is 0.236 e. The molecule has 0 radical (unpaired) electrons. The van der Waals surface area contributed by atoms with Crippen LogP contribution in [0.15, 0.2) is 0 Å². The molecule has 1 aliphatic rings. The molecule has 4 heteroatoms. The van der Waals surface area contributed by atoms with Crippen LogP contribution in [0, 0.1) is 0 Å². The van der Waals surface area contributed by atoms with Crippen molar-refractivity contribution in [2.75, 3.05) is 19.6 Å². The number of rotatable bonds is 5. The van der Waals surface area contributed by atoms with Crippen molar-refractivity contribution in [2.45, 2.75) is 51.6 Å². The van der Waals surface area contributed by atoms with Crippen LogP contribution in [0.4, 0.5) is 0 Å². The van der Waals surface area contributed by atoms with Crippen molar-refractivity contribution >= 4 is 5.91 Å². The highest BCUT2D eigenvalue weighted by atomic mass is 16.2. The minimum atomic E-state index is -0.395. The van der Waals surface area contributed by atoms with Gasteiger partial charge < -0.3 is 16.0 Å². The molecule has 0 aromatic rings. The van der Waals surface area contributed by atoms with Crippen molar-refractivity contribution in [3.8, 4) is 0 Å². The number of carbonyl (C=O) groups excluding carboxylic acids is 1. The van der Waals surface area contributed by atoms with Crippen LogP contribution in [-0.4, -0.2) is 42.5 Å². The molecule has 3 N–H and O–H groups in total. The van der Waals surface area contributed by atoms with E-state index in [-0.39, 0.29) is 5.91 Å². The van der Waals surface area contributed by atoms with Gasteiger partial charge in [0.25, 0.3) is 0 Å². The lowest BCUT2D eigenvalue weighted by atomic mass is 10.0. The van der Waals surface area contributed by atoms with Gasteiger partial charge in [0.15, 0.2) is 0 Å². The Bertz CT molecular complexity index is 218. The van der Waals surface area contributed by atoms with Crippen molar-refractivity contribution < 1.29 is 4.79 Å². The van der Waals surface area contributed by atoms with Gasteiger partial charge in [0, 0.05) is 19.1 Å². The van der Waals surface area contributed by atoms with E-state index in [9.17, 15) is 4.79 Å². The maximum atomic E-state index is 11.2. The first-order valence-electron chi connectivity index (χ1n) is 6.38. The van der Waals surface area contributed by atoms with E-state index in [4.69, 9.17) is 5.73 Å². The van der Waals surface area contributed by atoms with Crippen molar-refractivity contribution in [3.63, 3.8) is 0 Å². The van der Waals surface area contributed by atoms with Gasteiger partial charge in [0.2, 0.25) is 5.91 Å². The van der Waals surface area contributed by atoms with E-state index in [0.29, 0.717) is 6.04 Å². The zero-order chi connectivity index (χ0) is 12.0. The number of nitrogens with one attached hydrogen (secondary N) is 1. The lowest BCUT2D eigenvalue weighted by Gasteiger charge is -2.33. The summed E-state index contributed by atoms with van der Waals surface area (Å²) >= 11 is 0. The van der Waals surface area contributed by atoms with Gasteiger partial charge in [0.05, 0.1) is 6.04 Å². The minimum Gasteiger partial charge on any atom is -0.355 e. The molecule has 1 heterocycles. The minimum absolute atomic E-state index is 0.0494. The number of piperidine rings is 1. The zero-order valence-electron chi connectivity index (χ0n) is 10.5. The van der Waals surface area contributed by atoms with Crippen LogP contribution in [0.5, 0.6) is 0 Å². The van der Waals surface area contributed by atoms with Crippen LogP contribution in [0.25, 0.3) is 0 Å². The molecule has 1 saturated heterocycles. The number of hydrogen-bond donors (Lipinski definition) is 2. The highest BCUT2D eigenvalue weighted by Gasteiger charge is 2.17. The number of carbonyl (C=O) groups is 1. The molecule has 0 saturated carbocycles. The second kappa shape index (κ2) is 6.86. The Morgan fingerprint density at radius 2 is 2.31 bits per heavy atom. The van der Waals surface area contributed by atoms with Crippen LogP contribution in [-0.2, 0) is 4.79 Å². The van der Waals surface area contributed by atoms with Crippen LogP contribution in [0.1, 0.15) is 39.5 Å². The van der Waals surface area contributed by atoms with Crippen molar-refractivity contribution in [1.82, 2.24) is 10.2 Å². The maximum absolute atomic E-state index is 11.2. The van der Waals surface area contributed by atoms with Gasteiger partial charge >= 0.3 is 0 Å². The van der Waals surface area contributed by atoms with Crippen LogP contribution in [0.3, 0.4) is 0 Å². The molecule has 0 aromatic heterocycles. The Kier molecular flexibility index (Phi) is 5.77. The second-order valence-corrected chi connectivity index (χ2v) is 4.81. The lowest BCUT2D eigenvalue weighted by molar-refractivity contribution is -0.121. The molecule has 0 aromatic carbocycles. The van der Waals surface area contributed by atoms with Crippen LogP contribution in [0.2, 0.25) is 0 Å². The highest BCUT2D eigenvalue weighted by Crippen LogP contribution is 2.15. The fraction of sp³-hybridized carbons (Fsp3) is 0.917. The summed E-state index contributed by atoms with van der Waals surface area (Å²) in [6.07, 6.45) is 5.00. The summed E-state index contributed by atoms with van der Waals surface area (Å²) in [7, 11) is 0. The third-order valence-corrected chi connectivity index (χ3v) is 3.28. The van der Waals surface area contributed by atoms with E-state index >= 15 is 0 Å². The van der Waals surface area contributed by atoms with Crippen molar-refractivity contribution in [3.05, 3.63) is 0 Å². The van der Waals surface area contributed by atoms with Crippen molar-refractivity contribution in [1.29, 1.82) is 0 Å². The van der Waals surface area contributed by atoms with Gasteiger partial charge in [-0.3, -0.25) is 4.79 Å². The first-order chi connectivity index (χ1) is 7.61. The monoisotopic (exact) mass is 227 g/mol. The molecule has 2 atom stereocenters. The van der Waals surface area contributed by atoms with Gasteiger partial charge in [-0.1, -0.05) is 6.42 Å². The SMILES string of the molecule is CC1CCCCN1CCCNC(=O)[C@@H](C)N. The summed E-state index contributed by atoms with van der Waals surface area (Å²) in [6.45, 7) is 7.04. The molecular weight excluding hydrogens is 202 g/mol. The molecule has 1 fully saturated rings. The summed E-state index contributed by atoms with van der Waals surface area (Å²) < 4.78 is 0. The first kappa shape index (κ1) is 13.5. The molecule has 0 spiro atoms. The molecular formula is C12H25N3O. The zero-order valence-corrected chi connectivity index (χ0v) is 10.5. The van der Waals surface area contributed by atoms with Gasteiger partial charge in [-0.2, -0.15) is 0 Å². The van der Waals surface area contributed by atoms with Crippen LogP contribution >= 0.6 is 0 Å². The molecule has 0 aliphatic carbocycles. The third kappa shape index (κ3) is 4.49. The summed E-state index contributed by atoms with van der Waals surface area (Å²) in [6, 6.07) is 0.312. The molecule has 0 bridgehead atoms. The fourth-order valence-electron chi connectivity index (χ4n) is 2.14. The molecule has 16 heavy (non-hydrogen) atoms. The van der Waals surface area contributed by atoms with E-state index in [0.717, 1.165) is 19.5 Å². The van der Waals surface area contributed by atoms with Gasteiger partial charge in [-0.05, 0) is 39.7 Å². The number of likely N-dealkylation sites (tertiary alicyclic amines) is 1. The maximum Gasteiger partial charge on any atom is 0.236 e. The Balaban J connectivity index is 2.08. The fourth-order valence-corrected chi connectivity index (χ4v) is 2.14. The van der Waals surface area contributed by atoms with Crippen LogP contribution < -0.4 is 11.1 Å². The largest absolute Gasteiger partial charge is 0.355 e. The Labute approximate surface area is 98.6 Å². The predicted molar refractivity (Wildman–Crippen MR) is 66.2 cm³/mol. The Morgan fingerprint density at radius 1 is 1.56 bits per heavy atom. The topological polar surface area (TPSA) is 58.4 Å². The quantitative estimate of drug-likeness (QED) is 0.680. The number of nitrogens with two attached hydrogens (primary N) is 1. The number of amides is 1. The molecule has 1 rings (SSSR count). The van der Waals surface area contributed by atoms with Crippen molar-refractivity contribution in [2.24, 2.45) is 5.73 Å². The molecule has 1 amide bonds. The number of hydrogen-bond acceptors (Lipinski definition) is 3. The average Bonchev–Trinajstić information content (AvgIpc) is 2.26. The molecule has 94 valence electrons. The standard InChI is InChI=1S/C12H25N3O/c1-10-6-3-4-8-15(10)9-5-7-14-12(16)11(2)13/h10-11H,3-9,13H2,1-2H3,(H,14,16)/t10?,11-/m1/s1. The molecule has 4 nitrogen and oxygen atoms in total. The van der Waals surface area contributed by atoms with Gasteiger partial charge in [-0.15, -0.1) is 0 Å². The summed E-state index contributed by atoms with van der Waals surface area (Å²) in [5.41, 5.74) is 5.46. The van der Waals surface area contributed by atoms with E-state index in [1.165, 1.54) is 25.8 Å². The van der Waals surface area contributed by atoms with E-state index in [1.54, 1.807) is 6.92 Å². The second-order valence-electron chi connectivity index (χ2n) is 4.81. The van der Waals surface area contributed by atoms with E-state index in [2.05, 4.69) is 17.1 Å². The summed E-state index contributed by atoms with van der Waals surface area (Å²) in [5.74, 6) is -0.0494. The summed E-state index contributed by atoms with van der Waals surface area (Å²) in [4.78, 5) is 13.7. The Morgan fingerprint density at radius 3 is 2.94 bits per heavy atom. The Hall–Kier alpha value is -0.610. The molecule has 1 aliphatic heterocycles. The number of nitrogens with zero attached hydrogens (tertiary/aromatic N) is 1. The van der Waals surface area contributed by atoms with E-state index in [1.807, 2.05) is 0 Å².